The summed E-state index contributed by atoms with van der Waals surface area (Å²) in [6, 6.07) is 3.51. The van der Waals surface area contributed by atoms with Crippen LogP contribution in [0, 0.1) is 5.92 Å². The summed E-state index contributed by atoms with van der Waals surface area (Å²) < 4.78 is 10.9. The second kappa shape index (κ2) is 8.76. The highest BCUT2D eigenvalue weighted by molar-refractivity contribution is 5.96. The molecule has 1 saturated heterocycles. The van der Waals surface area contributed by atoms with E-state index in [0.717, 1.165) is 12.8 Å². The molecule has 3 aromatic heterocycles. The Kier molecular flexibility index (Phi) is 5.73. The molecule has 4 rings (SSSR count). The minimum atomic E-state index is -0.0583. The van der Waals surface area contributed by atoms with Crippen molar-refractivity contribution in [1.82, 2.24) is 30.0 Å². The van der Waals surface area contributed by atoms with Gasteiger partial charge in [-0.05, 0) is 37.8 Å². The molecule has 29 heavy (non-hydrogen) atoms. The van der Waals surface area contributed by atoms with Gasteiger partial charge in [-0.1, -0.05) is 5.16 Å². The van der Waals surface area contributed by atoms with E-state index in [0.29, 0.717) is 55.0 Å². The lowest BCUT2D eigenvalue weighted by molar-refractivity contribution is 0.0663. The number of carbonyl (C=O) groups excluding carboxylic acids is 1. The first kappa shape index (κ1) is 19.0. The second-order valence-corrected chi connectivity index (χ2v) is 6.86. The van der Waals surface area contributed by atoms with Crippen LogP contribution in [0.15, 0.2) is 41.4 Å². The first-order chi connectivity index (χ1) is 14.2. The van der Waals surface area contributed by atoms with E-state index in [1.165, 1.54) is 0 Å². The Hall–Kier alpha value is -3.36. The summed E-state index contributed by atoms with van der Waals surface area (Å²) in [5.41, 5.74) is 1.07. The Labute approximate surface area is 168 Å². The lowest BCUT2D eigenvalue weighted by Crippen LogP contribution is -2.40. The van der Waals surface area contributed by atoms with Crippen molar-refractivity contribution < 1.29 is 14.1 Å². The molecule has 1 fully saturated rings. The van der Waals surface area contributed by atoms with E-state index in [-0.39, 0.29) is 11.8 Å². The number of pyridine rings is 1. The summed E-state index contributed by atoms with van der Waals surface area (Å²) in [6.07, 6.45) is 8.94. The highest BCUT2D eigenvalue weighted by atomic mass is 16.5. The molecule has 1 aliphatic rings. The number of rotatable bonds is 6. The van der Waals surface area contributed by atoms with Crippen LogP contribution in [0.1, 0.15) is 36.0 Å². The molecular weight excluding hydrogens is 372 g/mol. The Bertz CT molecular complexity index is 962. The normalized spacial score (nSPS) is 16.6. The van der Waals surface area contributed by atoms with Gasteiger partial charge >= 0.3 is 0 Å². The molecule has 1 atom stereocenters. The third kappa shape index (κ3) is 4.39. The van der Waals surface area contributed by atoms with Gasteiger partial charge in [0.1, 0.15) is 11.3 Å². The molecule has 0 unspecified atom stereocenters. The molecule has 1 aliphatic heterocycles. The van der Waals surface area contributed by atoms with Crippen LogP contribution in [0.4, 0.5) is 0 Å². The zero-order valence-corrected chi connectivity index (χ0v) is 16.2. The number of aromatic nitrogens is 5. The van der Waals surface area contributed by atoms with Gasteiger partial charge in [0.25, 0.3) is 5.91 Å². The molecule has 0 spiro atoms. The van der Waals surface area contributed by atoms with Crippen molar-refractivity contribution in [3.05, 3.63) is 48.4 Å². The largest absolute Gasteiger partial charge is 0.477 e. The summed E-state index contributed by atoms with van der Waals surface area (Å²) in [6.45, 7) is 3.68. The molecule has 0 radical (unpaired) electrons. The van der Waals surface area contributed by atoms with Gasteiger partial charge in [0.2, 0.25) is 17.6 Å². The van der Waals surface area contributed by atoms with Crippen molar-refractivity contribution >= 4 is 5.91 Å². The minimum absolute atomic E-state index is 0.0583. The van der Waals surface area contributed by atoms with Gasteiger partial charge in [-0.3, -0.25) is 9.78 Å². The number of hydrogen-bond donors (Lipinski definition) is 0. The Balaban J connectivity index is 1.43. The SMILES string of the molecule is CCOc1ncccc1C(=O)N1CCC[C@H](Cc2nc(-c3cnccn3)no2)C1. The van der Waals surface area contributed by atoms with Gasteiger partial charge in [0.05, 0.1) is 12.8 Å². The molecule has 3 aromatic rings. The lowest BCUT2D eigenvalue weighted by Gasteiger charge is -2.32. The molecule has 0 aromatic carbocycles. The summed E-state index contributed by atoms with van der Waals surface area (Å²) in [5, 5.41) is 3.99. The number of hydrogen-bond acceptors (Lipinski definition) is 8. The molecule has 0 saturated carbocycles. The fourth-order valence-corrected chi connectivity index (χ4v) is 3.50. The average Bonchev–Trinajstić information content (AvgIpc) is 3.23. The number of piperidine rings is 1. The van der Waals surface area contributed by atoms with E-state index >= 15 is 0 Å². The standard InChI is InChI=1S/C20H22N6O3/c1-2-28-19-15(6-3-7-23-19)20(27)26-10-4-5-14(13-26)11-17-24-18(25-29-17)16-12-21-8-9-22-16/h3,6-9,12,14H,2,4-5,10-11,13H2,1H3/t14-/m1/s1. The van der Waals surface area contributed by atoms with Crippen LogP contribution < -0.4 is 4.74 Å². The van der Waals surface area contributed by atoms with E-state index in [2.05, 4.69) is 25.1 Å². The zero-order valence-electron chi connectivity index (χ0n) is 16.2. The van der Waals surface area contributed by atoms with E-state index in [1.54, 1.807) is 36.9 Å². The second-order valence-electron chi connectivity index (χ2n) is 6.86. The predicted octanol–water partition coefficient (Wildman–Crippen LogP) is 2.42. The number of ether oxygens (including phenoxy) is 1. The van der Waals surface area contributed by atoms with E-state index in [9.17, 15) is 4.79 Å². The van der Waals surface area contributed by atoms with Gasteiger partial charge in [-0.25, -0.2) is 9.97 Å². The highest BCUT2D eigenvalue weighted by Crippen LogP contribution is 2.24. The van der Waals surface area contributed by atoms with Crippen molar-refractivity contribution in [2.45, 2.75) is 26.2 Å². The first-order valence-electron chi connectivity index (χ1n) is 9.70. The number of likely N-dealkylation sites (tertiary alicyclic amines) is 1. The van der Waals surface area contributed by atoms with E-state index in [4.69, 9.17) is 9.26 Å². The molecule has 9 nitrogen and oxygen atoms in total. The molecule has 0 bridgehead atoms. The summed E-state index contributed by atoms with van der Waals surface area (Å²) >= 11 is 0. The Morgan fingerprint density at radius 2 is 2.24 bits per heavy atom. The van der Waals surface area contributed by atoms with Crippen LogP contribution in [0.25, 0.3) is 11.5 Å². The van der Waals surface area contributed by atoms with Gasteiger partial charge in [0.15, 0.2) is 0 Å². The lowest BCUT2D eigenvalue weighted by atomic mass is 9.94. The highest BCUT2D eigenvalue weighted by Gasteiger charge is 2.28. The minimum Gasteiger partial charge on any atom is -0.477 e. The molecular formula is C20H22N6O3. The molecule has 9 heteroatoms. The third-order valence-corrected chi connectivity index (χ3v) is 4.81. The van der Waals surface area contributed by atoms with Crippen LogP contribution >= 0.6 is 0 Å². The zero-order chi connectivity index (χ0) is 20.1. The number of nitrogens with zero attached hydrogens (tertiary/aromatic N) is 6. The van der Waals surface area contributed by atoms with Crippen molar-refractivity contribution in [3.8, 4) is 17.4 Å². The maximum absolute atomic E-state index is 13.0. The first-order valence-corrected chi connectivity index (χ1v) is 9.70. The van der Waals surface area contributed by atoms with E-state index in [1.807, 2.05) is 11.8 Å². The van der Waals surface area contributed by atoms with Crippen LogP contribution in [-0.4, -0.2) is 55.6 Å². The summed E-state index contributed by atoms with van der Waals surface area (Å²) in [7, 11) is 0. The van der Waals surface area contributed by atoms with Crippen molar-refractivity contribution in [1.29, 1.82) is 0 Å². The topological polar surface area (TPSA) is 107 Å². The van der Waals surface area contributed by atoms with Crippen LogP contribution in [0.5, 0.6) is 5.88 Å². The van der Waals surface area contributed by atoms with Gasteiger partial charge in [0, 0.05) is 38.1 Å². The van der Waals surface area contributed by atoms with Gasteiger partial charge in [-0.2, -0.15) is 4.98 Å². The smallest absolute Gasteiger partial charge is 0.259 e. The number of amides is 1. The van der Waals surface area contributed by atoms with Crippen molar-refractivity contribution in [3.63, 3.8) is 0 Å². The Morgan fingerprint density at radius 1 is 1.31 bits per heavy atom. The average molecular weight is 394 g/mol. The molecule has 0 N–H and O–H groups in total. The monoisotopic (exact) mass is 394 g/mol. The van der Waals surface area contributed by atoms with E-state index < -0.39 is 0 Å². The molecule has 150 valence electrons. The van der Waals surface area contributed by atoms with Crippen molar-refractivity contribution in [2.75, 3.05) is 19.7 Å². The predicted molar refractivity (Wildman–Crippen MR) is 103 cm³/mol. The fourth-order valence-electron chi connectivity index (χ4n) is 3.50. The van der Waals surface area contributed by atoms with Crippen LogP contribution in [0.2, 0.25) is 0 Å². The maximum Gasteiger partial charge on any atom is 0.259 e. The van der Waals surface area contributed by atoms with Crippen LogP contribution in [0.3, 0.4) is 0 Å². The molecule has 4 heterocycles. The quantitative estimate of drug-likeness (QED) is 0.627. The molecule has 0 aliphatic carbocycles. The van der Waals surface area contributed by atoms with Crippen LogP contribution in [-0.2, 0) is 6.42 Å². The Morgan fingerprint density at radius 3 is 3.07 bits per heavy atom. The number of carbonyl (C=O) groups is 1. The molecule has 1 amide bonds. The third-order valence-electron chi connectivity index (χ3n) is 4.81. The summed E-state index contributed by atoms with van der Waals surface area (Å²) in [4.78, 5) is 31.7. The van der Waals surface area contributed by atoms with Gasteiger partial charge < -0.3 is 14.2 Å². The summed E-state index contributed by atoms with van der Waals surface area (Å²) in [5.74, 6) is 1.54. The fraction of sp³-hybridized carbons (Fsp3) is 0.400. The maximum atomic E-state index is 13.0. The van der Waals surface area contributed by atoms with Gasteiger partial charge in [-0.15, -0.1) is 0 Å². The van der Waals surface area contributed by atoms with Crippen molar-refractivity contribution in [2.24, 2.45) is 5.92 Å².